The second kappa shape index (κ2) is 3.71. The normalized spacial score (nSPS) is 35.3. The summed E-state index contributed by atoms with van der Waals surface area (Å²) in [6, 6.07) is -1.22. The maximum Gasteiger partial charge on any atom is 0.350 e. The van der Waals surface area contributed by atoms with Gasteiger partial charge in [0, 0.05) is 12.6 Å². The van der Waals surface area contributed by atoms with Crippen LogP contribution in [0.5, 0.6) is 0 Å². The molecule has 100 valence electrons. The Morgan fingerprint density at radius 3 is 2.78 bits per heavy atom. The first kappa shape index (κ1) is 12.9. The third kappa shape index (κ3) is 1.52. The lowest BCUT2D eigenvalue weighted by Gasteiger charge is -2.52. The minimum Gasteiger partial charge on any atom is -0.393 e. The van der Waals surface area contributed by atoms with Crippen molar-refractivity contribution < 1.29 is 18.3 Å². The third-order valence-corrected chi connectivity index (χ3v) is 3.54. The topological polar surface area (TPSA) is 81.1 Å². The van der Waals surface area contributed by atoms with Crippen LogP contribution in [0.15, 0.2) is 11.0 Å². The van der Waals surface area contributed by atoms with Gasteiger partial charge >= 0.3 is 5.69 Å². The maximum absolute atomic E-state index is 14.1. The van der Waals surface area contributed by atoms with Crippen LogP contribution in [0.4, 0.5) is 19.0 Å². The SMILES string of the molecule is C[C@@]1(F)[C@H](n2cc(F)c(N)nc2=O)C[C@]1(F)CO. The molecule has 5 nitrogen and oxygen atoms in total. The van der Waals surface area contributed by atoms with Gasteiger partial charge in [-0.3, -0.25) is 4.57 Å². The predicted molar refractivity (Wildman–Crippen MR) is 57.0 cm³/mol. The number of aliphatic hydroxyl groups excluding tert-OH is 1. The first-order valence-electron chi connectivity index (χ1n) is 5.26. The fourth-order valence-corrected chi connectivity index (χ4v) is 2.12. The highest BCUT2D eigenvalue weighted by molar-refractivity contribution is 5.27. The minimum absolute atomic E-state index is 0.429. The number of alkyl halides is 2. The molecule has 0 unspecified atom stereocenters. The molecule has 1 aromatic rings. The van der Waals surface area contributed by atoms with Crippen molar-refractivity contribution in [2.45, 2.75) is 30.7 Å². The molecule has 0 aliphatic heterocycles. The Labute approximate surface area is 100 Å². The molecule has 8 heteroatoms. The number of aliphatic hydroxyl groups is 1. The molecule has 1 aliphatic rings. The number of hydrogen-bond donors (Lipinski definition) is 2. The summed E-state index contributed by atoms with van der Waals surface area (Å²) in [5, 5.41) is 8.80. The van der Waals surface area contributed by atoms with Gasteiger partial charge in [0.05, 0.1) is 12.6 Å². The molecule has 0 radical (unpaired) electrons. The van der Waals surface area contributed by atoms with E-state index in [2.05, 4.69) is 4.98 Å². The molecule has 0 bridgehead atoms. The van der Waals surface area contributed by atoms with E-state index in [1.165, 1.54) is 0 Å². The van der Waals surface area contributed by atoms with Crippen LogP contribution in [0, 0.1) is 5.82 Å². The van der Waals surface area contributed by atoms with Crippen molar-refractivity contribution in [1.29, 1.82) is 0 Å². The third-order valence-electron chi connectivity index (χ3n) is 3.54. The van der Waals surface area contributed by atoms with Gasteiger partial charge in [-0.15, -0.1) is 0 Å². The zero-order valence-corrected chi connectivity index (χ0v) is 9.53. The molecule has 3 N–H and O–H groups in total. The number of halogens is 3. The van der Waals surface area contributed by atoms with Crippen LogP contribution in [0.25, 0.3) is 0 Å². The van der Waals surface area contributed by atoms with Crippen LogP contribution in [-0.4, -0.2) is 32.6 Å². The smallest absolute Gasteiger partial charge is 0.350 e. The summed E-state index contributed by atoms with van der Waals surface area (Å²) in [6.07, 6.45) is 0.269. The molecule has 1 heterocycles. The molecule has 1 fully saturated rings. The van der Waals surface area contributed by atoms with Gasteiger partial charge in [0.2, 0.25) is 0 Å². The van der Waals surface area contributed by atoms with Gasteiger partial charge in [-0.25, -0.2) is 18.0 Å². The van der Waals surface area contributed by atoms with Gasteiger partial charge in [-0.2, -0.15) is 4.98 Å². The van der Waals surface area contributed by atoms with Crippen LogP contribution in [-0.2, 0) is 0 Å². The van der Waals surface area contributed by atoms with Gasteiger partial charge in [0.15, 0.2) is 23.0 Å². The quantitative estimate of drug-likeness (QED) is 0.806. The number of nitrogen functional groups attached to an aromatic ring is 1. The maximum atomic E-state index is 14.1. The Morgan fingerprint density at radius 1 is 1.67 bits per heavy atom. The van der Waals surface area contributed by atoms with Crippen molar-refractivity contribution in [3.63, 3.8) is 0 Å². The van der Waals surface area contributed by atoms with Gasteiger partial charge < -0.3 is 10.8 Å². The molecule has 1 aromatic heterocycles. The Morgan fingerprint density at radius 2 is 2.28 bits per heavy atom. The second-order valence-electron chi connectivity index (χ2n) is 4.58. The summed E-state index contributed by atoms with van der Waals surface area (Å²) in [4.78, 5) is 14.6. The van der Waals surface area contributed by atoms with E-state index < -0.39 is 47.7 Å². The van der Waals surface area contributed by atoms with Crippen LogP contribution >= 0.6 is 0 Å². The standard InChI is InChI=1S/C10H12F3N3O2/c1-9(12)6(2-10(9,13)4-17)16-3-5(11)7(14)15-8(16)18/h3,6,17H,2,4H2,1H3,(H2,14,15,18)/t6-,9-,10+/m1/s1. The molecule has 1 saturated carbocycles. The van der Waals surface area contributed by atoms with Crippen molar-refractivity contribution >= 4 is 5.82 Å². The fourth-order valence-electron chi connectivity index (χ4n) is 2.12. The van der Waals surface area contributed by atoms with E-state index in [1.807, 2.05) is 0 Å². The minimum atomic E-state index is -2.48. The highest BCUT2D eigenvalue weighted by Gasteiger charge is 2.66. The predicted octanol–water partition coefficient (Wildman–Crippen LogP) is 0.338. The molecule has 0 saturated heterocycles. The number of aromatic nitrogens is 2. The summed E-state index contributed by atoms with van der Waals surface area (Å²) in [6.45, 7) is -0.0891. The van der Waals surface area contributed by atoms with Crippen LogP contribution in [0.2, 0.25) is 0 Å². The summed E-state index contributed by atoms with van der Waals surface area (Å²) in [5.74, 6) is -1.57. The Balaban J connectivity index is 2.42. The van der Waals surface area contributed by atoms with Gasteiger partial charge in [-0.1, -0.05) is 0 Å². The van der Waals surface area contributed by atoms with Crippen molar-refractivity contribution in [1.82, 2.24) is 9.55 Å². The number of nitrogens with two attached hydrogens (primary N) is 1. The molecule has 0 aromatic carbocycles. The molecule has 0 spiro atoms. The van der Waals surface area contributed by atoms with E-state index in [0.29, 0.717) is 10.8 Å². The monoisotopic (exact) mass is 263 g/mol. The Bertz CT molecular complexity index is 546. The largest absolute Gasteiger partial charge is 0.393 e. The molecule has 3 atom stereocenters. The molecule has 0 amide bonds. The summed E-state index contributed by atoms with van der Waals surface area (Å²) in [7, 11) is 0. The summed E-state index contributed by atoms with van der Waals surface area (Å²) < 4.78 is 41.8. The first-order chi connectivity index (χ1) is 8.23. The van der Waals surface area contributed by atoms with E-state index in [0.717, 1.165) is 6.92 Å². The van der Waals surface area contributed by atoms with Crippen molar-refractivity contribution in [2.24, 2.45) is 0 Å². The van der Waals surface area contributed by atoms with Crippen LogP contribution in [0.1, 0.15) is 19.4 Å². The van der Waals surface area contributed by atoms with E-state index in [9.17, 15) is 18.0 Å². The number of anilines is 1. The lowest BCUT2D eigenvalue weighted by molar-refractivity contribution is -0.178. The zero-order valence-electron chi connectivity index (χ0n) is 9.53. The highest BCUT2D eigenvalue weighted by atomic mass is 19.2. The summed E-state index contributed by atoms with van der Waals surface area (Å²) >= 11 is 0. The lowest BCUT2D eigenvalue weighted by atomic mass is 9.65. The average Bonchev–Trinajstić information content (AvgIpc) is 2.30. The number of nitrogens with zero attached hydrogens (tertiary/aromatic N) is 2. The van der Waals surface area contributed by atoms with Crippen LogP contribution < -0.4 is 11.4 Å². The second-order valence-corrected chi connectivity index (χ2v) is 4.58. The van der Waals surface area contributed by atoms with Gasteiger partial charge in [0.1, 0.15) is 0 Å². The zero-order chi connectivity index (χ0) is 13.7. The molecule has 2 rings (SSSR count). The summed E-state index contributed by atoms with van der Waals surface area (Å²) in [5.41, 5.74) is -0.779. The average molecular weight is 263 g/mol. The van der Waals surface area contributed by atoms with E-state index in [4.69, 9.17) is 10.8 Å². The van der Waals surface area contributed by atoms with E-state index in [-0.39, 0.29) is 0 Å². The molecule has 18 heavy (non-hydrogen) atoms. The van der Waals surface area contributed by atoms with Crippen LogP contribution in [0.3, 0.4) is 0 Å². The number of rotatable bonds is 2. The van der Waals surface area contributed by atoms with E-state index in [1.54, 1.807) is 0 Å². The Kier molecular flexibility index (Phi) is 2.65. The highest BCUT2D eigenvalue weighted by Crippen LogP contribution is 2.54. The lowest BCUT2D eigenvalue weighted by Crippen LogP contribution is -2.65. The van der Waals surface area contributed by atoms with Crippen molar-refractivity contribution in [3.8, 4) is 0 Å². The van der Waals surface area contributed by atoms with E-state index >= 15 is 0 Å². The molecular formula is C10H12F3N3O2. The fraction of sp³-hybridized carbons (Fsp3) is 0.600. The number of hydrogen-bond acceptors (Lipinski definition) is 4. The molecular weight excluding hydrogens is 251 g/mol. The van der Waals surface area contributed by atoms with Crippen molar-refractivity contribution in [3.05, 3.63) is 22.5 Å². The van der Waals surface area contributed by atoms with Gasteiger partial charge in [-0.05, 0) is 6.92 Å². The van der Waals surface area contributed by atoms with Gasteiger partial charge in [0.25, 0.3) is 0 Å². The first-order valence-corrected chi connectivity index (χ1v) is 5.26. The Hall–Kier alpha value is -1.57. The van der Waals surface area contributed by atoms with Crippen molar-refractivity contribution in [2.75, 3.05) is 12.3 Å². The molecule has 1 aliphatic carbocycles.